The number of hydrogen-bond acceptors (Lipinski definition) is 3. The molecular weight excluding hydrogens is 355 g/mol. The Morgan fingerprint density at radius 1 is 0.929 bits per heavy atom. The molecule has 5 saturated carbocycles. The van der Waals surface area contributed by atoms with Crippen LogP contribution < -0.4 is 0 Å². The van der Waals surface area contributed by atoms with E-state index >= 15 is 4.39 Å². The summed E-state index contributed by atoms with van der Waals surface area (Å²) in [6.07, 6.45) is 17.4. The van der Waals surface area contributed by atoms with E-state index in [2.05, 4.69) is 0 Å². The predicted octanol–water partition coefficient (Wildman–Crippen LogP) is 5.66. The highest BCUT2D eigenvalue weighted by atomic mass is 19.1. The molecule has 0 radical (unpaired) electrons. The van der Waals surface area contributed by atoms with Crippen LogP contribution in [0.25, 0.3) is 0 Å². The van der Waals surface area contributed by atoms with E-state index in [0.29, 0.717) is 5.41 Å². The first-order chi connectivity index (χ1) is 13.5. The van der Waals surface area contributed by atoms with Gasteiger partial charge in [0.2, 0.25) is 0 Å². The van der Waals surface area contributed by atoms with Gasteiger partial charge >= 0.3 is 0 Å². The number of aliphatic hydroxyl groups is 1. The molecule has 158 valence electrons. The number of halogens is 1. The Bertz CT molecular complexity index is 601. The first kappa shape index (κ1) is 19.5. The molecule has 0 aliphatic heterocycles. The van der Waals surface area contributed by atoms with Crippen molar-refractivity contribution in [2.45, 2.75) is 102 Å². The molecule has 7 rings (SSSR count). The molecule has 0 aromatic heterocycles. The lowest BCUT2D eigenvalue weighted by molar-refractivity contribution is -0.181. The van der Waals surface area contributed by atoms with Crippen LogP contribution in [0.2, 0.25) is 0 Å². The molecule has 1 N–H and O–H groups in total. The number of allylic oxidation sites excluding steroid dienone is 1. The zero-order chi connectivity index (χ0) is 19.5. The van der Waals surface area contributed by atoms with Gasteiger partial charge in [0, 0.05) is 12.5 Å². The quantitative estimate of drug-likeness (QED) is 0.613. The number of fused-ring (bicyclic) bond motifs is 5. The molecule has 4 bridgehead atoms. The van der Waals surface area contributed by atoms with Crippen LogP contribution in [0.5, 0.6) is 0 Å². The number of rotatable bonds is 5. The molecule has 3 nitrogen and oxygen atoms in total. The van der Waals surface area contributed by atoms with Gasteiger partial charge in [-0.15, -0.1) is 0 Å². The lowest BCUT2D eigenvalue weighted by Gasteiger charge is -2.66. The van der Waals surface area contributed by atoms with E-state index in [1.807, 2.05) is 6.08 Å². The molecule has 0 aromatic carbocycles. The second kappa shape index (κ2) is 6.78. The molecule has 0 heterocycles. The van der Waals surface area contributed by atoms with Crippen molar-refractivity contribution < 1.29 is 19.0 Å². The Hall–Kier alpha value is -0.450. The van der Waals surface area contributed by atoms with Crippen molar-refractivity contribution >= 4 is 0 Å². The predicted molar refractivity (Wildman–Crippen MR) is 106 cm³/mol. The Balaban J connectivity index is 1.34. The van der Waals surface area contributed by atoms with Crippen molar-refractivity contribution in [1.82, 2.24) is 0 Å². The minimum atomic E-state index is -0.422. The van der Waals surface area contributed by atoms with E-state index in [9.17, 15) is 5.11 Å². The smallest absolute Gasteiger partial charge is 0.147 e. The lowest BCUT2D eigenvalue weighted by Crippen LogP contribution is -2.58. The summed E-state index contributed by atoms with van der Waals surface area (Å²) in [5.74, 6) is 0.927. The minimum absolute atomic E-state index is 0.0675. The van der Waals surface area contributed by atoms with Crippen molar-refractivity contribution in [2.75, 3.05) is 13.9 Å². The fourth-order valence-electron chi connectivity index (χ4n) is 8.23. The van der Waals surface area contributed by atoms with E-state index in [-0.39, 0.29) is 29.6 Å². The average Bonchev–Trinajstić information content (AvgIpc) is 2.75. The molecule has 0 spiro atoms. The van der Waals surface area contributed by atoms with Crippen molar-refractivity contribution in [2.24, 2.45) is 22.2 Å². The Kier molecular flexibility index (Phi) is 4.73. The minimum Gasteiger partial charge on any atom is -0.393 e. The molecule has 0 unspecified atom stereocenters. The first-order valence-corrected chi connectivity index (χ1v) is 11.7. The fourth-order valence-corrected chi connectivity index (χ4v) is 8.23. The highest BCUT2D eigenvalue weighted by Crippen LogP contribution is 2.73. The lowest BCUT2D eigenvalue weighted by atomic mass is 9.39. The van der Waals surface area contributed by atoms with Crippen LogP contribution in [0.15, 0.2) is 11.9 Å². The summed E-state index contributed by atoms with van der Waals surface area (Å²) >= 11 is 0. The van der Waals surface area contributed by atoms with E-state index in [1.165, 1.54) is 51.4 Å². The van der Waals surface area contributed by atoms with Crippen LogP contribution in [0.3, 0.4) is 0 Å². The van der Waals surface area contributed by atoms with E-state index < -0.39 is 5.60 Å². The maximum atomic E-state index is 15.6. The SMILES string of the molecule is COCOC12C=C(F)C(C34CCC(C5CCC(O)CC5)(CC3)CC4)(CC1)CC2. The number of aliphatic hydroxyl groups excluding tert-OH is 1. The van der Waals surface area contributed by atoms with Crippen LogP contribution in [0, 0.1) is 22.2 Å². The molecule has 0 atom stereocenters. The number of hydrogen-bond donors (Lipinski definition) is 1. The van der Waals surface area contributed by atoms with E-state index in [0.717, 1.165) is 44.4 Å². The van der Waals surface area contributed by atoms with Gasteiger partial charge in [0.1, 0.15) is 12.6 Å². The molecule has 7 aliphatic rings. The van der Waals surface area contributed by atoms with Crippen LogP contribution in [-0.4, -0.2) is 30.7 Å². The molecule has 4 heteroatoms. The van der Waals surface area contributed by atoms with Gasteiger partial charge in [-0.1, -0.05) is 0 Å². The Morgan fingerprint density at radius 3 is 2.07 bits per heavy atom. The summed E-state index contributed by atoms with van der Waals surface area (Å²) in [5, 5.41) is 9.91. The zero-order valence-corrected chi connectivity index (χ0v) is 17.5. The molecule has 0 saturated heterocycles. The zero-order valence-electron chi connectivity index (χ0n) is 17.5. The van der Waals surface area contributed by atoms with Crippen molar-refractivity contribution in [3.63, 3.8) is 0 Å². The summed E-state index contributed by atoms with van der Waals surface area (Å²) in [6, 6.07) is 0. The van der Waals surface area contributed by atoms with Gasteiger partial charge in [-0.3, -0.25) is 0 Å². The molecule has 28 heavy (non-hydrogen) atoms. The molecule has 5 fully saturated rings. The normalized spacial score (nSPS) is 50.6. The number of methoxy groups -OCH3 is 1. The van der Waals surface area contributed by atoms with Crippen LogP contribution in [0.1, 0.15) is 89.9 Å². The third-order valence-corrected chi connectivity index (χ3v) is 10.1. The van der Waals surface area contributed by atoms with Crippen LogP contribution >= 0.6 is 0 Å². The third-order valence-electron chi connectivity index (χ3n) is 10.1. The van der Waals surface area contributed by atoms with Gasteiger partial charge in [-0.25, -0.2) is 4.39 Å². The number of ether oxygens (including phenoxy) is 2. The summed E-state index contributed by atoms with van der Waals surface area (Å²) in [4.78, 5) is 0. The second-order valence-corrected chi connectivity index (χ2v) is 10.8. The standard InChI is InChI=1S/C24H37FO3/c1-27-17-28-23-12-14-24(15-13-23,20(25)16-23)22-9-6-21(7-10-22,8-11-22)18-2-4-19(26)5-3-18/h16,18-19,26H,2-15,17H2,1H3. The summed E-state index contributed by atoms with van der Waals surface area (Å²) < 4.78 is 26.7. The van der Waals surface area contributed by atoms with Crippen molar-refractivity contribution in [3.8, 4) is 0 Å². The summed E-state index contributed by atoms with van der Waals surface area (Å²) in [6.45, 7) is 0.251. The molecule has 0 aromatic rings. The fraction of sp³-hybridized carbons (Fsp3) is 0.917. The summed E-state index contributed by atoms with van der Waals surface area (Å²) in [5.41, 5.74) is 0.0275. The van der Waals surface area contributed by atoms with Crippen molar-refractivity contribution in [1.29, 1.82) is 0 Å². The first-order valence-electron chi connectivity index (χ1n) is 11.7. The Labute approximate surface area is 169 Å². The van der Waals surface area contributed by atoms with Gasteiger partial charge in [0.15, 0.2) is 0 Å². The van der Waals surface area contributed by atoms with E-state index in [1.54, 1.807) is 7.11 Å². The van der Waals surface area contributed by atoms with Gasteiger partial charge in [0.05, 0.1) is 11.7 Å². The van der Waals surface area contributed by atoms with Crippen LogP contribution in [-0.2, 0) is 9.47 Å². The van der Waals surface area contributed by atoms with Gasteiger partial charge in [0.25, 0.3) is 0 Å². The summed E-state index contributed by atoms with van der Waals surface area (Å²) in [7, 11) is 1.63. The maximum absolute atomic E-state index is 15.6. The van der Waals surface area contributed by atoms with E-state index in [4.69, 9.17) is 9.47 Å². The highest BCUT2D eigenvalue weighted by molar-refractivity contribution is 5.29. The van der Waals surface area contributed by atoms with Gasteiger partial charge in [-0.05, 0) is 113 Å². The van der Waals surface area contributed by atoms with Crippen molar-refractivity contribution in [3.05, 3.63) is 11.9 Å². The molecule has 7 aliphatic carbocycles. The second-order valence-electron chi connectivity index (χ2n) is 10.8. The topological polar surface area (TPSA) is 38.7 Å². The van der Waals surface area contributed by atoms with Crippen LogP contribution in [0.4, 0.5) is 4.39 Å². The highest BCUT2D eigenvalue weighted by Gasteiger charge is 2.64. The maximum Gasteiger partial charge on any atom is 0.147 e. The monoisotopic (exact) mass is 392 g/mol. The van der Waals surface area contributed by atoms with Gasteiger partial charge < -0.3 is 14.6 Å². The molecular formula is C24H37FO3. The Morgan fingerprint density at radius 2 is 1.54 bits per heavy atom. The third kappa shape index (κ3) is 2.70. The van der Waals surface area contributed by atoms with Gasteiger partial charge in [-0.2, -0.15) is 0 Å². The largest absolute Gasteiger partial charge is 0.393 e. The average molecular weight is 393 g/mol. The molecule has 0 amide bonds.